The molecule has 2 aromatic rings. The van der Waals surface area contributed by atoms with Gasteiger partial charge in [-0.05, 0) is 78.6 Å². The van der Waals surface area contributed by atoms with Crippen molar-refractivity contribution in [2.45, 2.75) is 112 Å². The molecule has 0 saturated carbocycles. The summed E-state index contributed by atoms with van der Waals surface area (Å²) in [5, 5.41) is 17.1. The molecule has 3 rings (SSSR count). The van der Waals surface area contributed by atoms with Gasteiger partial charge in [-0.1, -0.05) is 91.8 Å². The molecule has 0 aromatic heterocycles. The van der Waals surface area contributed by atoms with Crippen LogP contribution < -0.4 is 9.80 Å². The zero-order valence-corrected chi connectivity index (χ0v) is 27.2. The van der Waals surface area contributed by atoms with E-state index >= 15 is 0 Å². The summed E-state index contributed by atoms with van der Waals surface area (Å²) in [4.78, 5) is 4.65. The van der Waals surface area contributed by atoms with Gasteiger partial charge in [-0.15, -0.1) is 6.67 Å². The Labute approximate surface area is 247 Å². The SMILES string of the molecule is CC(C)c1cccc(C(C)C)c1N1C=CN(c2c(C(C)C)cccc2C(C)C)[CH-]1.CC(O)CC(C)O.[Cl][Pd+]. The van der Waals surface area contributed by atoms with Gasteiger partial charge in [0, 0.05) is 11.4 Å². The molecule has 216 valence electrons. The van der Waals surface area contributed by atoms with Crippen molar-refractivity contribution in [2.24, 2.45) is 0 Å². The molecule has 2 N–H and O–H groups in total. The Bertz CT molecular complexity index is 873. The zero-order chi connectivity index (χ0) is 29.2. The maximum atomic E-state index is 8.56. The molecule has 2 atom stereocenters. The van der Waals surface area contributed by atoms with Crippen molar-refractivity contribution < 1.29 is 28.4 Å². The molecule has 1 heterocycles. The number of rotatable bonds is 8. The Hall–Kier alpha value is -1.35. The number of benzene rings is 2. The Morgan fingerprint density at radius 3 is 1.05 bits per heavy atom. The molecule has 4 nitrogen and oxygen atoms in total. The molecule has 38 heavy (non-hydrogen) atoms. The van der Waals surface area contributed by atoms with Crippen LogP contribution in [0.3, 0.4) is 0 Å². The summed E-state index contributed by atoms with van der Waals surface area (Å²) in [5.74, 6) is 1.92. The van der Waals surface area contributed by atoms with Crippen LogP contribution in [0.5, 0.6) is 0 Å². The standard InChI is InChI=1S/C27H37N2.C5H12O2.ClH.Pd/c1-18(2)22-11-9-12-23(19(3)4)26(22)28-15-16-29(17-28)27-24(20(5)6)13-10-14-25(27)21(7)8;1-4(6)3-5(2)7;;/h9-21H,1-8H3;4-7H,3H2,1-2H3;1H;/q-1;;;+2/p-1. The van der Waals surface area contributed by atoms with E-state index in [0.717, 1.165) is 0 Å². The number of nitrogens with zero attached hydrogens (tertiary/aromatic N) is 2. The Kier molecular flexibility index (Phi) is 15.2. The normalized spacial score (nSPS) is 14.6. The second kappa shape index (κ2) is 16.7. The molecule has 0 fully saturated rings. The van der Waals surface area contributed by atoms with E-state index in [-0.39, 0.29) is 12.2 Å². The number of hydrogen-bond donors (Lipinski definition) is 2. The van der Waals surface area contributed by atoms with Gasteiger partial charge in [0.25, 0.3) is 0 Å². The van der Waals surface area contributed by atoms with E-state index in [1.165, 1.54) is 33.6 Å². The van der Waals surface area contributed by atoms with Gasteiger partial charge in [0.2, 0.25) is 0 Å². The van der Waals surface area contributed by atoms with Gasteiger partial charge in [0.1, 0.15) is 0 Å². The van der Waals surface area contributed by atoms with Crippen LogP contribution in [0.15, 0.2) is 48.8 Å². The molecule has 2 unspecified atom stereocenters. The first-order chi connectivity index (χ1) is 17.8. The van der Waals surface area contributed by atoms with Crippen LogP contribution in [0.4, 0.5) is 11.4 Å². The van der Waals surface area contributed by atoms with Crippen molar-refractivity contribution >= 4 is 20.9 Å². The predicted octanol–water partition coefficient (Wildman–Crippen LogP) is 8.92. The summed E-state index contributed by atoms with van der Waals surface area (Å²) < 4.78 is 0. The van der Waals surface area contributed by atoms with Crippen LogP contribution in [-0.4, -0.2) is 22.4 Å². The summed E-state index contributed by atoms with van der Waals surface area (Å²) in [6.45, 7) is 23.8. The topological polar surface area (TPSA) is 46.9 Å². The average molecular weight is 636 g/mol. The average Bonchev–Trinajstić information content (AvgIpc) is 3.33. The molecule has 6 heteroatoms. The van der Waals surface area contributed by atoms with Crippen molar-refractivity contribution in [2.75, 3.05) is 9.80 Å². The first-order valence-electron chi connectivity index (χ1n) is 13.7. The molecule has 2 aromatic carbocycles. The Balaban J connectivity index is 0.000000696. The van der Waals surface area contributed by atoms with Crippen LogP contribution in [0, 0.1) is 6.67 Å². The summed E-state index contributed by atoms with van der Waals surface area (Å²) in [7, 11) is 4.49. The van der Waals surface area contributed by atoms with E-state index in [1.54, 1.807) is 13.8 Å². The van der Waals surface area contributed by atoms with Crippen molar-refractivity contribution in [3.8, 4) is 0 Å². The quantitative estimate of drug-likeness (QED) is 0.225. The third-order valence-corrected chi connectivity index (χ3v) is 6.52. The third-order valence-electron chi connectivity index (χ3n) is 6.52. The maximum absolute atomic E-state index is 8.56. The van der Waals surface area contributed by atoms with Gasteiger partial charge < -0.3 is 20.0 Å². The molecule has 0 saturated heterocycles. The summed E-state index contributed by atoms with van der Waals surface area (Å²) in [6.07, 6.45) is 4.16. The predicted molar refractivity (Wildman–Crippen MR) is 161 cm³/mol. The fraction of sp³-hybridized carbons (Fsp3) is 0.531. The summed E-state index contributed by atoms with van der Waals surface area (Å²) >= 11 is 2.22. The second-order valence-electron chi connectivity index (χ2n) is 11.4. The van der Waals surface area contributed by atoms with Gasteiger partial charge in [-0.3, -0.25) is 0 Å². The number of halogens is 1. The van der Waals surface area contributed by atoms with E-state index in [0.29, 0.717) is 30.1 Å². The van der Waals surface area contributed by atoms with E-state index in [1.807, 2.05) is 0 Å². The Morgan fingerprint density at radius 2 is 0.868 bits per heavy atom. The van der Waals surface area contributed by atoms with Crippen LogP contribution in [-0.2, 0) is 18.2 Å². The first-order valence-corrected chi connectivity index (χ1v) is 15.7. The molecular weight excluding hydrogens is 586 g/mol. The molecule has 0 bridgehead atoms. The van der Waals surface area contributed by atoms with Gasteiger partial charge in [0.15, 0.2) is 0 Å². The van der Waals surface area contributed by atoms with Crippen LogP contribution in [0.25, 0.3) is 0 Å². The molecule has 0 aliphatic carbocycles. The van der Waals surface area contributed by atoms with E-state index < -0.39 is 0 Å². The molecule has 1 aliphatic heterocycles. The Morgan fingerprint density at radius 1 is 0.605 bits per heavy atom. The molecular formula is C32H49ClN2O2Pd. The van der Waals surface area contributed by atoms with Crippen molar-refractivity contribution in [1.82, 2.24) is 0 Å². The minimum absolute atomic E-state index is 0.375. The van der Waals surface area contributed by atoms with Gasteiger partial charge in [-0.25, -0.2) is 0 Å². The zero-order valence-electron chi connectivity index (χ0n) is 24.9. The molecule has 0 radical (unpaired) electrons. The fourth-order valence-corrected chi connectivity index (χ4v) is 4.73. The number of hydrogen-bond acceptors (Lipinski definition) is 4. The number of para-hydroxylation sites is 2. The molecule has 0 spiro atoms. The third kappa shape index (κ3) is 9.69. The van der Waals surface area contributed by atoms with Crippen molar-refractivity contribution in [3.05, 3.63) is 77.7 Å². The van der Waals surface area contributed by atoms with Crippen LogP contribution in [0.1, 0.15) is 122 Å². The van der Waals surface area contributed by atoms with Gasteiger partial charge >= 0.3 is 27.7 Å². The number of aliphatic hydroxyl groups excluding tert-OH is 2. The summed E-state index contributed by atoms with van der Waals surface area (Å²) in [5.41, 5.74) is 8.29. The van der Waals surface area contributed by atoms with Gasteiger partial charge in [0.05, 0.1) is 12.2 Å². The van der Waals surface area contributed by atoms with Crippen LogP contribution in [0.2, 0.25) is 0 Å². The van der Waals surface area contributed by atoms with E-state index in [2.05, 4.69) is 148 Å². The number of anilines is 2. The summed E-state index contributed by atoms with van der Waals surface area (Å²) in [6, 6.07) is 13.5. The monoisotopic (exact) mass is 634 g/mol. The number of aliphatic hydroxyl groups is 2. The molecule has 0 amide bonds. The minimum atomic E-state index is -0.375. The fourth-order valence-electron chi connectivity index (χ4n) is 4.73. The van der Waals surface area contributed by atoms with Crippen molar-refractivity contribution in [3.63, 3.8) is 0 Å². The first kappa shape index (κ1) is 34.7. The van der Waals surface area contributed by atoms with Crippen LogP contribution >= 0.6 is 9.53 Å². The van der Waals surface area contributed by atoms with Gasteiger partial charge in [-0.2, -0.15) is 0 Å². The second-order valence-corrected chi connectivity index (χ2v) is 11.4. The van der Waals surface area contributed by atoms with E-state index in [9.17, 15) is 0 Å². The molecule has 1 aliphatic rings. The van der Waals surface area contributed by atoms with E-state index in [4.69, 9.17) is 10.2 Å². The van der Waals surface area contributed by atoms with Crippen molar-refractivity contribution in [1.29, 1.82) is 0 Å².